The molecule has 0 aromatic heterocycles. The van der Waals surface area contributed by atoms with Crippen LogP contribution in [0.2, 0.25) is 0 Å². The van der Waals surface area contributed by atoms with E-state index in [9.17, 15) is 9.59 Å². The summed E-state index contributed by atoms with van der Waals surface area (Å²) in [5.41, 5.74) is 6.72. The summed E-state index contributed by atoms with van der Waals surface area (Å²) in [6, 6.07) is 8.21. The number of carbonyl (C=O) groups excluding carboxylic acids is 2. The number of amides is 2. The predicted octanol–water partition coefficient (Wildman–Crippen LogP) is 0.481. The second-order valence-corrected chi connectivity index (χ2v) is 4.75. The van der Waals surface area contributed by atoms with Crippen molar-refractivity contribution in [3.05, 3.63) is 35.4 Å². The fraction of sp³-hybridized carbons (Fsp3) is 0.357. The summed E-state index contributed by atoms with van der Waals surface area (Å²) in [5, 5.41) is 11.4. The Bertz CT molecular complexity index is 527. The third-order valence-corrected chi connectivity index (χ3v) is 3.13. The number of hydrogen-bond acceptors (Lipinski definition) is 3. The van der Waals surface area contributed by atoms with Crippen molar-refractivity contribution in [2.45, 2.75) is 25.3 Å². The molecule has 1 atom stereocenters. The number of primary amides is 1. The number of hydrogen-bond donors (Lipinski definition) is 2. The topological polar surface area (TPSA) is 96.0 Å². The summed E-state index contributed by atoms with van der Waals surface area (Å²) < 4.78 is 0. The van der Waals surface area contributed by atoms with Gasteiger partial charge < -0.3 is 11.1 Å². The highest BCUT2D eigenvalue weighted by molar-refractivity contribution is 5.88. The van der Waals surface area contributed by atoms with Gasteiger partial charge in [-0.1, -0.05) is 12.1 Å². The lowest BCUT2D eigenvalue weighted by Gasteiger charge is -2.15. The van der Waals surface area contributed by atoms with Gasteiger partial charge in [-0.05, 0) is 30.5 Å². The van der Waals surface area contributed by atoms with Gasteiger partial charge in [0.1, 0.15) is 6.04 Å². The highest BCUT2D eigenvalue weighted by atomic mass is 16.2. The molecule has 0 aliphatic heterocycles. The number of carbonyl (C=O) groups is 2. The van der Waals surface area contributed by atoms with Crippen LogP contribution >= 0.6 is 0 Å². The zero-order valence-electron chi connectivity index (χ0n) is 10.4. The molecule has 1 fully saturated rings. The Labute approximate surface area is 111 Å². The zero-order valence-corrected chi connectivity index (χ0v) is 10.4. The van der Waals surface area contributed by atoms with Gasteiger partial charge >= 0.3 is 0 Å². The molecule has 1 aliphatic carbocycles. The van der Waals surface area contributed by atoms with Crippen LogP contribution in [-0.2, 0) is 16.0 Å². The molecule has 2 rings (SSSR count). The number of benzene rings is 1. The average molecular weight is 257 g/mol. The molecular weight excluding hydrogens is 242 g/mol. The minimum atomic E-state index is -0.693. The molecule has 1 saturated carbocycles. The molecule has 2 amide bonds. The van der Waals surface area contributed by atoms with Crippen LogP contribution < -0.4 is 11.1 Å². The highest BCUT2D eigenvalue weighted by Crippen LogP contribution is 2.28. The minimum Gasteiger partial charge on any atom is -0.368 e. The maximum absolute atomic E-state index is 11.6. The van der Waals surface area contributed by atoms with E-state index in [0.29, 0.717) is 12.0 Å². The Hall–Kier alpha value is -2.35. The van der Waals surface area contributed by atoms with Crippen LogP contribution in [0.3, 0.4) is 0 Å². The second-order valence-electron chi connectivity index (χ2n) is 4.75. The highest BCUT2D eigenvalue weighted by Gasteiger charge is 2.32. The summed E-state index contributed by atoms with van der Waals surface area (Å²) in [6.07, 6.45) is 2.11. The molecular formula is C14H15N3O2. The average Bonchev–Trinajstić information content (AvgIpc) is 3.23. The van der Waals surface area contributed by atoms with Crippen LogP contribution in [0.25, 0.3) is 0 Å². The Kier molecular flexibility index (Phi) is 3.81. The van der Waals surface area contributed by atoms with Crippen LogP contribution in [0.15, 0.2) is 24.3 Å². The van der Waals surface area contributed by atoms with Gasteiger partial charge in [0.2, 0.25) is 11.8 Å². The van der Waals surface area contributed by atoms with Crippen molar-refractivity contribution in [1.82, 2.24) is 5.32 Å². The van der Waals surface area contributed by atoms with E-state index in [4.69, 9.17) is 11.0 Å². The van der Waals surface area contributed by atoms with Gasteiger partial charge in [-0.3, -0.25) is 9.59 Å². The Morgan fingerprint density at radius 1 is 1.37 bits per heavy atom. The van der Waals surface area contributed by atoms with Crippen LogP contribution in [0.1, 0.15) is 24.0 Å². The molecule has 5 nitrogen and oxygen atoms in total. The predicted molar refractivity (Wildman–Crippen MR) is 68.7 cm³/mol. The molecule has 0 unspecified atom stereocenters. The number of nitrogens with two attached hydrogens (primary N) is 1. The molecule has 0 spiro atoms. The molecule has 1 aliphatic rings. The normalized spacial score (nSPS) is 15.3. The molecule has 5 heteroatoms. The van der Waals surface area contributed by atoms with Crippen molar-refractivity contribution >= 4 is 11.8 Å². The lowest BCUT2D eigenvalue weighted by Crippen LogP contribution is -2.46. The molecule has 0 saturated heterocycles. The molecule has 0 radical (unpaired) electrons. The van der Waals surface area contributed by atoms with Crippen molar-refractivity contribution in [1.29, 1.82) is 5.26 Å². The number of rotatable bonds is 5. The number of nitrogens with zero attached hydrogens (tertiary/aromatic N) is 1. The van der Waals surface area contributed by atoms with E-state index in [2.05, 4.69) is 5.32 Å². The van der Waals surface area contributed by atoms with Gasteiger partial charge in [-0.15, -0.1) is 0 Å². The van der Waals surface area contributed by atoms with Crippen molar-refractivity contribution < 1.29 is 9.59 Å². The van der Waals surface area contributed by atoms with Gasteiger partial charge in [-0.25, -0.2) is 0 Å². The smallest absolute Gasteiger partial charge is 0.240 e. The Morgan fingerprint density at radius 2 is 2.00 bits per heavy atom. The van der Waals surface area contributed by atoms with Gasteiger partial charge in [0.05, 0.1) is 11.6 Å². The van der Waals surface area contributed by atoms with E-state index in [0.717, 1.165) is 18.4 Å². The van der Waals surface area contributed by atoms with E-state index in [1.54, 1.807) is 24.3 Å². The van der Waals surface area contributed by atoms with E-state index < -0.39 is 11.9 Å². The summed E-state index contributed by atoms with van der Waals surface area (Å²) in [6.45, 7) is 0. The van der Waals surface area contributed by atoms with E-state index in [1.165, 1.54) is 0 Å². The largest absolute Gasteiger partial charge is 0.368 e. The molecule has 98 valence electrons. The number of nitrogens with one attached hydrogen (secondary N) is 1. The first-order chi connectivity index (χ1) is 9.10. The fourth-order valence-electron chi connectivity index (χ4n) is 1.81. The third kappa shape index (κ3) is 3.55. The molecule has 0 bridgehead atoms. The van der Waals surface area contributed by atoms with Crippen LogP contribution in [-0.4, -0.2) is 17.9 Å². The van der Waals surface area contributed by atoms with Crippen LogP contribution in [0.5, 0.6) is 0 Å². The zero-order chi connectivity index (χ0) is 13.8. The fourth-order valence-corrected chi connectivity index (χ4v) is 1.81. The standard InChI is InChI=1S/C14H15N3O2/c15-8-10-3-1-9(2-4-10)7-12(13(16)18)17-14(19)11-5-6-11/h1-4,11-12H,5-7H2,(H2,16,18)(H,17,19)/t12-/m0/s1. The molecule has 1 aromatic carbocycles. The molecule has 19 heavy (non-hydrogen) atoms. The van der Waals surface area contributed by atoms with Crippen molar-refractivity contribution in [3.8, 4) is 6.07 Å². The summed E-state index contributed by atoms with van der Waals surface area (Å²) in [7, 11) is 0. The molecule has 0 heterocycles. The van der Waals surface area contributed by atoms with Gasteiger partial charge in [-0.2, -0.15) is 5.26 Å². The first-order valence-corrected chi connectivity index (χ1v) is 6.19. The Morgan fingerprint density at radius 3 is 2.47 bits per heavy atom. The maximum atomic E-state index is 11.6. The lowest BCUT2D eigenvalue weighted by molar-refractivity contribution is -0.128. The van der Waals surface area contributed by atoms with E-state index in [1.807, 2.05) is 6.07 Å². The minimum absolute atomic E-state index is 0.0443. The van der Waals surface area contributed by atoms with Gasteiger partial charge in [0, 0.05) is 12.3 Å². The van der Waals surface area contributed by atoms with Crippen LogP contribution in [0, 0.1) is 17.2 Å². The summed E-state index contributed by atoms with van der Waals surface area (Å²) in [4.78, 5) is 23.0. The van der Waals surface area contributed by atoms with E-state index >= 15 is 0 Å². The van der Waals surface area contributed by atoms with Crippen LogP contribution in [0.4, 0.5) is 0 Å². The summed E-state index contributed by atoms with van der Waals surface area (Å²) >= 11 is 0. The van der Waals surface area contributed by atoms with Crippen molar-refractivity contribution in [2.75, 3.05) is 0 Å². The monoisotopic (exact) mass is 257 g/mol. The molecule has 1 aromatic rings. The SMILES string of the molecule is N#Cc1ccc(C[C@H](NC(=O)C2CC2)C(N)=O)cc1. The Balaban J connectivity index is 2.00. The molecule has 3 N–H and O–H groups in total. The first kappa shape index (κ1) is 13.1. The lowest BCUT2D eigenvalue weighted by atomic mass is 10.0. The third-order valence-electron chi connectivity index (χ3n) is 3.13. The van der Waals surface area contributed by atoms with Crippen molar-refractivity contribution in [3.63, 3.8) is 0 Å². The van der Waals surface area contributed by atoms with E-state index in [-0.39, 0.29) is 11.8 Å². The maximum Gasteiger partial charge on any atom is 0.240 e. The first-order valence-electron chi connectivity index (χ1n) is 6.19. The van der Waals surface area contributed by atoms with Gasteiger partial charge in [0.25, 0.3) is 0 Å². The summed E-state index contributed by atoms with van der Waals surface area (Å²) in [5.74, 6) is -0.599. The number of nitriles is 1. The van der Waals surface area contributed by atoms with Gasteiger partial charge in [0.15, 0.2) is 0 Å². The van der Waals surface area contributed by atoms with Crippen molar-refractivity contribution in [2.24, 2.45) is 11.7 Å². The quantitative estimate of drug-likeness (QED) is 0.803. The second kappa shape index (κ2) is 5.53.